The molecule has 0 fully saturated rings. The highest BCUT2D eigenvalue weighted by Crippen LogP contribution is 2.30. The number of carbonyl (C=O) groups excluding carboxylic acids is 1. The normalized spacial score (nSPS) is 12.8. The van der Waals surface area contributed by atoms with Crippen LogP contribution in [0.15, 0.2) is 43.2 Å². The van der Waals surface area contributed by atoms with Gasteiger partial charge < -0.3 is 10.3 Å². The van der Waals surface area contributed by atoms with Crippen molar-refractivity contribution < 1.29 is 18.0 Å². The number of aromatic nitrogens is 6. The Bertz CT molecular complexity index is 1260. The lowest BCUT2D eigenvalue weighted by Crippen LogP contribution is -2.42. The molecule has 0 aliphatic carbocycles. The van der Waals surface area contributed by atoms with Crippen LogP contribution >= 0.6 is 0 Å². The zero-order valence-corrected chi connectivity index (χ0v) is 17.1. The first-order valence-electron chi connectivity index (χ1n) is 9.59. The number of hydrogen-bond donors (Lipinski definition) is 3. The lowest BCUT2D eigenvalue weighted by atomic mass is 10.1. The van der Waals surface area contributed by atoms with Gasteiger partial charge in [0, 0.05) is 47.7 Å². The summed E-state index contributed by atoms with van der Waals surface area (Å²) in [6.07, 6.45) is 5.52. The highest BCUT2D eigenvalue weighted by molar-refractivity contribution is 5.96. The number of nitrogens with zero attached hydrogens (tertiary/aromatic N) is 5. The molecule has 166 valence electrons. The number of aryl methyl sites for hydroxylation is 1. The number of fused-ring (bicyclic) bond motifs is 1. The van der Waals surface area contributed by atoms with Gasteiger partial charge in [0.05, 0.1) is 36.9 Å². The minimum absolute atomic E-state index is 0.124. The zero-order valence-electron chi connectivity index (χ0n) is 17.1. The lowest BCUT2D eigenvalue weighted by molar-refractivity contribution is -0.129. The van der Waals surface area contributed by atoms with E-state index in [1.165, 1.54) is 19.3 Å². The molecule has 4 aromatic rings. The third kappa shape index (κ3) is 4.75. The van der Waals surface area contributed by atoms with Crippen molar-refractivity contribution in [1.82, 2.24) is 35.0 Å². The van der Waals surface area contributed by atoms with Gasteiger partial charge in [-0.15, -0.1) is 0 Å². The molecule has 1 amide bonds. The number of carbonyl (C=O) groups is 1. The minimum Gasteiger partial charge on any atom is -0.345 e. The highest BCUT2D eigenvalue weighted by atomic mass is 19.4. The van der Waals surface area contributed by atoms with Crippen LogP contribution in [-0.4, -0.2) is 54.4 Å². The number of rotatable bonds is 6. The van der Waals surface area contributed by atoms with Crippen LogP contribution in [0.25, 0.3) is 33.4 Å². The second-order valence-electron chi connectivity index (χ2n) is 7.22. The van der Waals surface area contributed by atoms with E-state index in [4.69, 9.17) is 0 Å². The van der Waals surface area contributed by atoms with Crippen molar-refractivity contribution in [1.29, 1.82) is 0 Å². The van der Waals surface area contributed by atoms with Crippen molar-refractivity contribution in [3.63, 3.8) is 0 Å². The molecule has 1 atom stereocenters. The van der Waals surface area contributed by atoms with Crippen LogP contribution in [0.4, 0.5) is 19.0 Å². The zero-order chi connectivity index (χ0) is 22.9. The van der Waals surface area contributed by atoms with Gasteiger partial charge in [-0.25, -0.2) is 9.97 Å². The Labute approximate surface area is 180 Å². The molecule has 0 aromatic carbocycles. The molecule has 0 spiro atoms. The van der Waals surface area contributed by atoms with Gasteiger partial charge in [0.25, 0.3) is 0 Å². The summed E-state index contributed by atoms with van der Waals surface area (Å²) < 4.78 is 38.8. The van der Waals surface area contributed by atoms with Crippen molar-refractivity contribution in [2.75, 3.05) is 11.9 Å². The molecule has 4 aromatic heterocycles. The van der Waals surface area contributed by atoms with Crippen LogP contribution in [0.3, 0.4) is 0 Å². The van der Waals surface area contributed by atoms with E-state index in [1.807, 2.05) is 19.3 Å². The molecule has 4 heterocycles. The summed E-state index contributed by atoms with van der Waals surface area (Å²) in [5.74, 6) is -0.529. The fourth-order valence-electron chi connectivity index (χ4n) is 3.10. The van der Waals surface area contributed by atoms with Crippen LogP contribution in [0, 0.1) is 0 Å². The summed E-state index contributed by atoms with van der Waals surface area (Å²) in [4.78, 5) is 28.2. The van der Waals surface area contributed by atoms with E-state index in [-0.39, 0.29) is 5.82 Å². The molecule has 9 nitrogen and oxygen atoms in total. The number of pyridine rings is 1. The van der Waals surface area contributed by atoms with Crippen molar-refractivity contribution in [2.45, 2.75) is 19.1 Å². The smallest absolute Gasteiger partial charge is 0.345 e. The summed E-state index contributed by atoms with van der Waals surface area (Å²) in [5.41, 5.74) is 3.60. The Morgan fingerprint density at radius 1 is 1.22 bits per heavy atom. The van der Waals surface area contributed by atoms with E-state index < -0.39 is 24.7 Å². The first-order chi connectivity index (χ1) is 15.2. The van der Waals surface area contributed by atoms with E-state index in [0.717, 1.165) is 16.5 Å². The number of anilines is 1. The number of amides is 1. The predicted molar refractivity (Wildman–Crippen MR) is 111 cm³/mol. The SMILES string of the molecule is C[C@@H](NCC(F)(F)F)C(=O)Nc1cncc(-c2c[nH]c3ncc(-c4cnn(C)c4)cc23)n1. The summed E-state index contributed by atoms with van der Waals surface area (Å²) in [7, 11) is 1.83. The van der Waals surface area contributed by atoms with Gasteiger partial charge in [-0.1, -0.05) is 0 Å². The van der Waals surface area contributed by atoms with Gasteiger partial charge >= 0.3 is 6.18 Å². The fourth-order valence-corrected chi connectivity index (χ4v) is 3.10. The van der Waals surface area contributed by atoms with Gasteiger partial charge in [-0.3, -0.25) is 19.8 Å². The topological polar surface area (TPSA) is 113 Å². The van der Waals surface area contributed by atoms with E-state index in [1.54, 1.807) is 23.3 Å². The molecule has 0 aliphatic heterocycles. The Hall–Kier alpha value is -3.80. The number of halogens is 3. The first kappa shape index (κ1) is 21.4. The molecular weight excluding hydrogens is 425 g/mol. The molecule has 0 saturated carbocycles. The fraction of sp³-hybridized carbons (Fsp3) is 0.250. The van der Waals surface area contributed by atoms with E-state index in [0.29, 0.717) is 16.9 Å². The maximum atomic E-state index is 12.4. The number of alkyl halides is 3. The van der Waals surface area contributed by atoms with Crippen LogP contribution in [0.2, 0.25) is 0 Å². The third-order valence-corrected chi connectivity index (χ3v) is 4.73. The minimum atomic E-state index is -4.41. The first-order valence-corrected chi connectivity index (χ1v) is 9.59. The summed E-state index contributed by atoms with van der Waals surface area (Å²) in [5, 5.41) is 9.58. The van der Waals surface area contributed by atoms with Crippen LogP contribution < -0.4 is 10.6 Å². The molecule has 0 saturated heterocycles. The monoisotopic (exact) mass is 444 g/mol. The van der Waals surface area contributed by atoms with Crippen LogP contribution in [-0.2, 0) is 11.8 Å². The van der Waals surface area contributed by atoms with Crippen molar-refractivity contribution in [3.8, 4) is 22.4 Å². The third-order valence-electron chi connectivity index (χ3n) is 4.73. The molecule has 0 radical (unpaired) electrons. The number of H-pyrrole nitrogens is 1. The van der Waals surface area contributed by atoms with Gasteiger partial charge in [0.2, 0.25) is 5.91 Å². The van der Waals surface area contributed by atoms with Crippen molar-refractivity contribution in [3.05, 3.63) is 43.2 Å². The molecule has 12 heteroatoms. The van der Waals surface area contributed by atoms with Crippen molar-refractivity contribution in [2.24, 2.45) is 7.05 Å². The quantitative estimate of drug-likeness (QED) is 0.422. The number of aromatic amines is 1. The molecule has 0 bridgehead atoms. The summed E-state index contributed by atoms with van der Waals surface area (Å²) in [6, 6.07) is 0.878. The predicted octanol–water partition coefficient (Wildman–Crippen LogP) is 2.90. The number of nitrogens with one attached hydrogen (secondary N) is 3. The maximum Gasteiger partial charge on any atom is 0.401 e. The van der Waals surface area contributed by atoms with Crippen molar-refractivity contribution >= 4 is 22.8 Å². The lowest BCUT2D eigenvalue weighted by Gasteiger charge is -2.15. The second-order valence-corrected chi connectivity index (χ2v) is 7.22. The highest BCUT2D eigenvalue weighted by Gasteiger charge is 2.28. The van der Waals surface area contributed by atoms with Crippen LogP contribution in [0.5, 0.6) is 0 Å². The van der Waals surface area contributed by atoms with E-state index in [2.05, 4.69) is 35.7 Å². The Morgan fingerprint density at radius 3 is 2.75 bits per heavy atom. The Morgan fingerprint density at radius 2 is 2.03 bits per heavy atom. The maximum absolute atomic E-state index is 12.4. The van der Waals surface area contributed by atoms with Crippen LogP contribution in [0.1, 0.15) is 6.92 Å². The summed E-state index contributed by atoms with van der Waals surface area (Å²) in [6.45, 7) is 0.0680. The largest absolute Gasteiger partial charge is 0.401 e. The second kappa shape index (κ2) is 8.38. The van der Waals surface area contributed by atoms with Gasteiger partial charge in [-0.05, 0) is 13.0 Å². The average molecular weight is 444 g/mol. The molecule has 0 aliphatic rings. The Balaban J connectivity index is 1.57. The molecule has 32 heavy (non-hydrogen) atoms. The van der Waals surface area contributed by atoms with Gasteiger partial charge in [0.15, 0.2) is 5.82 Å². The Kier molecular flexibility index (Phi) is 5.61. The molecular formula is C20H19F3N8O. The average Bonchev–Trinajstić information content (AvgIpc) is 3.37. The molecule has 3 N–H and O–H groups in total. The van der Waals surface area contributed by atoms with E-state index in [9.17, 15) is 18.0 Å². The molecule has 4 rings (SSSR count). The number of hydrogen-bond acceptors (Lipinski definition) is 6. The summed E-state index contributed by atoms with van der Waals surface area (Å²) >= 11 is 0. The van der Waals surface area contributed by atoms with Gasteiger partial charge in [-0.2, -0.15) is 18.3 Å². The standard InChI is InChI=1S/C20H19F3N8O/c1-11(27-10-20(21,22)23)19(32)30-17-8-24-7-16(29-17)15-6-26-18-14(15)3-12(4-25-18)13-5-28-31(2)9-13/h3-9,11,27H,10H2,1-2H3,(H,25,26)(H,29,30,32)/t11-/m1/s1. The molecule has 0 unspecified atom stereocenters. The van der Waals surface area contributed by atoms with Gasteiger partial charge in [0.1, 0.15) is 5.65 Å². The van der Waals surface area contributed by atoms with E-state index >= 15 is 0 Å².